The van der Waals surface area contributed by atoms with Gasteiger partial charge in [0.15, 0.2) is 0 Å². The largest absolute Gasteiger partial charge is 0.496 e. The Morgan fingerprint density at radius 2 is 1.96 bits per heavy atom. The van der Waals surface area contributed by atoms with Crippen LogP contribution in [0.5, 0.6) is 5.75 Å². The van der Waals surface area contributed by atoms with Crippen LogP contribution in [0, 0.1) is 19.3 Å². The molecular weight excluding hydrogens is 298 g/mol. The van der Waals surface area contributed by atoms with E-state index in [1.807, 2.05) is 54.3 Å². The van der Waals surface area contributed by atoms with Gasteiger partial charge in [0.05, 0.1) is 7.11 Å². The molecule has 0 heterocycles. The number of terminal acetylenes is 1. The summed E-state index contributed by atoms with van der Waals surface area (Å²) in [5, 5.41) is 0. The van der Waals surface area contributed by atoms with E-state index >= 15 is 0 Å². The highest BCUT2D eigenvalue weighted by Crippen LogP contribution is 2.21. The fourth-order valence-corrected chi connectivity index (χ4v) is 2.64. The SMILES string of the molecule is C#CCCC(=O)N(Cc1cccc(C)c1)Cc1ccccc1OC. The molecule has 0 N–H and O–H groups in total. The average Bonchev–Trinajstić information content (AvgIpc) is 2.59. The summed E-state index contributed by atoms with van der Waals surface area (Å²) in [4.78, 5) is 14.4. The number of ether oxygens (including phenoxy) is 1. The molecule has 1 amide bonds. The van der Waals surface area contributed by atoms with Crippen molar-refractivity contribution in [2.75, 3.05) is 7.11 Å². The van der Waals surface area contributed by atoms with Crippen molar-refractivity contribution in [3.8, 4) is 18.1 Å². The molecule has 2 aromatic carbocycles. The summed E-state index contributed by atoms with van der Waals surface area (Å²) in [6.45, 7) is 3.11. The first-order valence-corrected chi connectivity index (χ1v) is 8.02. The summed E-state index contributed by atoms with van der Waals surface area (Å²) in [6, 6.07) is 16.0. The van der Waals surface area contributed by atoms with Crippen molar-refractivity contribution in [1.29, 1.82) is 0 Å². The molecule has 24 heavy (non-hydrogen) atoms. The standard InChI is InChI=1S/C21H23NO2/c1-4-5-13-21(23)22(15-18-10-8-9-17(2)14-18)16-19-11-6-7-12-20(19)24-3/h1,6-12,14H,5,13,15-16H2,2-3H3. The van der Waals surface area contributed by atoms with Crippen LogP contribution < -0.4 is 4.74 Å². The first kappa shape index (κ1) is 17.6. The fraction of sp³-hybridized carbons (Fsp3) is 0.286. The van der Waals surface area contributed by atoms with E-state index in [0.717, 1.165) is 16.9 Å². The maximum absolute atomic E-state index is 12.6. The van der Waals surface area contributed by atoms with Gasteiger partial charge in [0.25, 0.3) is 0 Å². The van der Waals surface area contributed by atoms with Crippen molar-refractivity contribution in [2.45, 2.75) is 32.9 Å². The van der Waals surface area contributed by atoms with Crippen LogP contribution >= 0.6 is 0 Å². The van der Waals surface area contributed by atoms with Gasteiger partial charge in [0.1, 0.15) is 5.75 Å². The number of hydrogen-bond acceptors (Lipinski definition) is 2. The third-order valence-electron chi connectivity index (χ3n) is 3.85. The molecule has 0 bridgehead atoms. The summed E-state index contributed by atoms with van der Waals surface area (Å²) in [5.41, 5.74) is 3.28. The maximum Gasteiger partial charge on any atom is 0.224 e. The normalized spacial score (nSPS) is 10.0. The van der Waals surface area contributed by atoms with E-state index in [2.05, 4.69) is 12.0 Å². The minimum atomic E-state index is 0.0559. The van der Waals surface area contributed by atoms with Crippen LogP contribution in [0.4, 0.5) is 0 Å². The molecule has 0 atom stereocenters. The topological polar surface area (TPSA) is 29.5 Å². The molecular formula is C21H23NO2. The lowest BCUT2D eigenvalue weighted by Gasteiger charge is -2.24. The number of rotatable bonds is 7. The van der Waals surface area contributed by atoms with Gasteiger partial charge in [-0.1, -0.05) is 48.0 Å². The second kappa shape index (κ2) is 8.79. The van der Waals surface area contributed by atoms with Crippen LogP contribution in [0.3, 0.4) is 0 Å². The quantitative estimate of drug-likeness (QED) is 0.723. The molecule has 0 aliphatic rings. The minimum absolute atomic E-state index is 0.0559. The van der Waals surface area contributed by atoms with Gasteiger partial charge < -0.3 is 9.64 Å². The number of aryl methyl sites for hydroxylation is 1. The summed E-state index contributed by atoms with van der Waals surface area (Å²) < 4.78 is 5.41. The highest BCUT2D eigenvalue weighted by Gasteiger charge is 2.16. The molecule has 2 rings (SSSR count). The van der Waals surface area contributed by atoms with Crippen LogP contribution in [0.1, 0.15) is 29.5 Å². The number of para-hydroxylation sites is 1. The van der Waals surface area contributed by atoms with Crippen LogP contribution in [0.25, 0.3) is 0 Å². The minimum Gasteiger partial charge on any atom is -0.496 e. The van der Waals surface area contributed by atoms with Gasteiger partial charge in [-0.3, -0.25) is 4.79 Å². The number of amides is 1. The smallest absolute Gasteiger partial charge is 0.224 e. The van der Waals surface area contributed by atoms with E-state index in [4.69, 9.17) is 11.2 Å². The van der Waals surface area contributed by atoms with Crippen molar-refractivity contribution in [2.24, 2.45) is 0 Å². The lowest BCUT2D eigenvalue weighted by Crippen LogP contribution is -2.30. The number of nitrogens with zero attached hydrogens (tertiary/aromatic N) is 1. The Kier molecular flexibility index (Phi) is 6.45. The molecule has 0 unspecified atom stereocenters. The van der Waals surface area contributed by atoms with Gasteiger partial charge in [-0.05, 0) is 18.6 Å². The number of carbonyl (C=O) groups excluding carboxylic acids is 1. The van der Waals surface area contributed by atoms with Gasteiger partial charge in [-0.2, -0.15) is 0 Å². The predicted octanol–water partition coefficient (Wildman–Crippen LogP) is 3.95. The zero-order valence-corrected chi connectivity index (χ0v) is 14.3. The predicted molar refractivity (Wildman–Crippen MR) is 96.5 cm³/mol. The summed E-state index contributed by atoms with van der Waals surface area (Å²) in [5.74, 6) is 3.38. The first-order chi connectivity index (χ1) is 11.6. The van der Waals surface area contributed by atoms with Crippen LogP contribution in [-0.2, 0) is 17.9 Å². The van der Waals surface area contributed by atoms with Crippen molar-refractivity contribution in [3.05, 3.63) is 65.2 Å². The molecule has 3 heteroatoms. The first-order valence-electron chi connectivity index (χ1n) is 8.02. The molecule has 0 spiro atoms. The molecule has 2 aromatic rings. The van der Waals surface area contributed by atoms with Crippen molar-refractivity contribution < 1.29 is 9.53 Å². The molecule has 0 aliphatic heterocycles. The second-order valence-electron chi connectivity index (χ2n) is 5.75. The van der Waals surface area contributed by atoms with Crippen molar-refractivity contribution >= 4 is 5.91 Å². The summed E-state index contributed by atoms with van der Waals surface area (Å²) in [6.07, 6.45) is 6.12. The lowest BCUT2D eigenvalue weighted by molar-refractivity contribution is -0.132. The highest BCUT2D eigenvalue weighted by molar-refractivity contribution is 5.76. The van der Waals surface area contributed by atoms with Crippen LogP contribution in [0.2, 0.25) is 0 Å². The zero-order chi connectivity index (χ0) is 17.4. The van der Waals surface area contributed by atoms with Crippen LogP contribution in [-0.4, -0.2) is 17.9 Å². The number of methoxy groups -OCH3 is 1. The zero-order valence-electron chi connectivity index (χ0n) is 14.3. The van der Waals surface area contributed by atoms with E-state index in [0.29, 0.717) is 25.9 Å². The molecule has 0 fully saturated rings. The van der Waals surface area contributed by atoms with E-state index in [9.17, 15) is 4.79 Å². The lowest BCUT2D eigenvalue weighted by atomic mass is 10.1. The van der Waals surface area contributed by atoms with E-state index in [-0.39, 0.29) is 5.91 Å². The van der Waals surface area contributed by atoms with Gasteiger partial charge in [-0.15, -0.1) is 12.3 Å². The molecule has 0 aromatic heterocycles. The Bertz CT molecular complexity index is 731. The Morgan fingerprint density at radius 1 is 1.17 bits per heavy atom. The van der Waals surface area contributed by atoms with E-state index in [1.54, 1.807) is 7.11 Å². The summed E-state index contributed by atoms with van der Waals surface area (Å²) in [7, 11) is 1.64. The van der Waals surface area contributed by atoms with Gasteiger partial charge >= 0.3 is 0 Å². The molecule has 0 radical (unpaired) electrons. The van der Waals surface area contributed by atoms with Crippen molar-refractivity contribution in [1.82, 2.24) is 4.90 Å². The summed E-state index contributed by atoms with van der Waals surface area (Å²) >= 11 is 0. The Hall–Kier alpha value is -2.73. The van der Waals surface area contributed by atoms with Gasteiger partial charge in [-0.25, -0.2) is 0 Å². The highest BCUT2D eigenvalue weighted by atomic mass is 16.5. The monoisotopic (exact) mass is 321 g/mol. The van der Waals surface area contributed by atoms with E-state index in [1.165, 1.54) is 5.56 Å². The van der Waals surface area contributed by atoms with Crippen molar-refractivity contribution in [3.63, 3.8) is 0 Å². The Labute approximate surface area is 144 Å². The number of carbonyl (C=O) groups is 1. The maximum atomic E-state index is 12.6. The third-order valence-corrected chi connectivity index (χ3v) is 3.85. The molecule has 0 saturated heterocycles. The fourth-order valence-electron chi connectivity index (χ4n) is 2.64. The van der Waals surface area contributed by atoms with E-state index < -0.39 is 0 Å². The average molecular weight is 321 g/mol. The molecule has 0 aliphatic carbocycles. The molecule has 124 valence electrons. The Morgan fingerprint density at radius 3 is 2.67 bits per heavy atom. The van der Waals surface area contributed by atoms with Gasteiger partial charge in [0, 0.05) is 31.5 Å². The second-order valence-corrected chi connectivity index (χ2v) is 5.75. The number of benzene rings is 2. The molecule has 0 saturated carbocycles. The number of hydrogen-bond donors (Lipinski definition) is 0. The molecule has 3 nitrogen and oxygen atoms in total. The van der Waals surface area contributed by atoms with Crippen LogP contribution in [0.15, 0.2) is 48.5 Å². The Balaban J connectivity index is 2.22. The van der Waals surface area contributed by atoms with Gasteiger partial charge in [0.2, 0.25) is 5.91 Å². The third kappa shape index (κ3) is 4.89.